The standard InChI is InChI=1S/C57H43N3S2/c1-34(2)52(59-47-24-12-6-20-38(47)42-30-32-44-40-22-10-16-28-51(40)62-56(44)54(42)59)45(57(3,4)60-48-25-13-7-17-35(48)36-18-8-14-26-49(36)60)33-58-46-23-11-5-19-37(46)41-29-31-43-39-21-9-15-27-50(39)61-55(43)53(41)58/h5-34,52H,1-4H3/b45-33-. The summed E-state index contributed by atoms with van der Waals surface area (Å²) >= 11 is 3.85. The van der Waals surface area contributed by atoms with Crippen LogP contribution in [0.1, 0.15) is 33.7 Å². The second kappa shape index (κ2) is 13.2. The highest BCUT2D eigenvalue weighted by molar-refractivity contribution is 7.27. The number of para-hydroxylation sites is 4. The van der Waals surface area contributed by atoms with Gasteiger partial charge in [-0.15, -0.1) is 22.7 Å². The highest BCUT2D eigenvalue weighted by atomic mass is 32.1. The third-order valence-corrected chi connectivity index (χ3v) is 16.2. The Labute approximate surface area is 366 Å². The summed E-state index contributed by atoms with van der Waals surface area (Å²) in [4.78, 5) is 0. The Morgan fingerprint density at radius 2 is 0.839 bits per heavy atom. The molecule has 0 aliphatic heterocycles. The predicted molar refractivity (Wildman–Crippen MR) is 272 cm³/mol. The van der Waals surface area contributed by atoms with Gasteiger partial charge in [0.25, 0.3) is 0 Å². The van der Waals surface area contributed by atoms with Crippen molar-refractivity contribution in [2.75, 3.05) is 0 Å². The van der Waals surface area contributed by atoms with Crippen molar-refractivity contribution in [2.45, 2.75) is 39.3 Å². The van der Waals surface area contributed by atoms with Crippen LogP contribution in [0.4, 0.5) is 0 Å². The molecule has 0 amide bonds. The lowest BCUT2D eigenvalue weighted by molar-refractivity contribution is 0.348. The molecule has 5 heterocycles. The number of fused-ring (bicyclic) bond motifs is 17. The first-order chi connectivity index (χ1) is 30.4. The van der Waals surface area contributed by atoms with Gasteiger partial charge in [-0.1, -0.05) is 147 Å². The van der Waals surface area contributed by atoms with Crippen LogP contribution in [0, 0.1) is 5.92 Å². The van der Waals surface area contributed by atoms with Gasteiger partial charge in [-0.3, -0.25) is 0 Å². The van der Waals surface area contributed by atoms with Crippen LogP contribution in [0.2, 0.25) is 0 Å². The quantitative estimate of drug-likeness (QED) is 0.159. The Morgan fingerprint density at radius 3 is 1.39 bits per heavy atom. The van der Waals surface area contributed by atoms with Crippen LogP contribution >= 0.6 is 22.7 Å². The molecule has 13 rings (SSSR count). The van der Waals surface area contributed by atoms with E-state index in [9.17, 15) is 0 Å². The molecule has 1 atom stereocenters. The first-order valence-electron chi connectivity index (χ1n) is 21.7. The Balaban J connectivity index is 1.22. The van der Waals surface area contributed by atoms with Gasteiger partial charge in [0, 0.05) is 86.0 Å². The number of thiophene rings is 2. The Bertz CT molecular complexity index is 3960. The van der Waals surface area contributed by atoms with Crippen molar-refractivity contribution < 1.29 is 0 Å². The van der Waals surface area contributed by atoms with E-state index in [1.54, 1.807) is 0 Å². The lowest BCUT2D eigenvalue weighted by Crippen LogP contribution is -2.35. The highest BCUT2D eigenvalue weighted by Gasteiger charge is 2.38. The fourth-order valence-electron chi connectivity index (χ4n) is 11.1. The number of allylic oxidation sites excluding steroid dienone is 1. The normalized spacial score (nSPS) is 13.7. The molecule has 0 spiro atoms. The number of benzene rings is 8. The zero-order valence-corrected chi connectivity index (χ0v) is 36.7. The second-order valence-corrected chi connectivity index (χ2v) is 20.0. The summed E-state index contributed by atoms with van der Waals surface area (Å²) in [7, 11) is 0. The Kier molecular flexibility index (Phi) is 7.66. The zero-order valence-electron chi connectivity index (χ0n) is 35.1. The van der Waals surface area contributed by atoms with Crippen molar-refractivity contribution in [1.82, 2.24) is 13.7 Å². The SMILES string of the molecule is CC(C)C(/C(=C/n1c2ccccc2c2ccc3c4ccccc4sc3c21)C(C)(C)n1c2ccccc2c2ccccc21)n1c2ccccc2c2ccc3c4ccccc4sc3c21. The minimum atomic E-state index is -0.519. The maximum absolute atomic E-state index is 2.75. The van der Waals surface area contributed by atoms with Crippen molar-refractivity contribution >= 4 is 135 Å². The summed E-state index contributed by atoms with van der Waals surface area (Å²) in [5.41, 5.74) is 8.41. The molecule has 1 unspecified atom stereocenters. The summed E-state index contributed by atoms with van der Waals surface area (Å²) in [5.74, 6) is 0.217. The molecule has 0 N–H and O–H groups in total. The Hall–Kier alpha value is -6.66. The van der Waals surface area contributed by atoms with Crippen LogP contribution < -0.4 is 0 Å². The number of hydrogen-bond acceptors (Lipinski definition) is 2. The topological polar surface area (TPSA) is 14.8 Å². The lowest BCUT2D eigenvalue weighted by atomic mass is 9.82. The highest BCUT2D eigenvalue weighted by Crippen LogP contribution is 2.50. The molecule has 5 aromatic heterocycles. The van der Waals surface area contributed by atoms with Crippen LogP contribution in [0.5, 0.6) is 0 Å². The fourth-order valence-corrected chi connectivity index (χ4v) is 13.6. The van der Waals surface area contributed by atoms with E-state index in [0.29, 0.717) is 0 Å². The molecule has 62 heavy (non-hydrogen) atoms. The fraction of sp³-hybridized carbons (Fsp3) is 0.123. The van der Waals surface area contributed by atoms with Gasteiger partial charge >= 0.3 is 0 Å². The molecule has 0 aliphatic carbocycles. The number of hydrogen-bond donors (Lipinski definition) is 0. The summed E-state index contributed by atoms with van der Waals surface area (Å²) in [6.07, 6.45) is 2.58. The van der Waals surface area contributed by atoms with Gasteiger partial charge < -0.3 is 13.7 Å². The summed E-state index contributed by atoms with van der Waals surface area (Å²) < 4.78 is 13.3. The molecule has 0 saturated carbocycles. The van der Waals surface area contributed by atoms with E-state index in [-0.39, 0.29) is 12.0 Å². The minimum absolute atomic E-state index is 0.0408. The summed E-state index contributed by atoms with van der Waals surface area (Å²) in [5, 5.41) is 13.0. The lowest BCUT2D eigenvalue weighted by Gasteiger charge is -2.39. The third-order valence-electron chi connectivity index (χ3n) is 13.8. The number of rotatable bonds is 6. The molecule has 13 aromatic rings. The predicted octanol–water partition coefficient (Wildman–Crippen LogP) is 16.9. The average Bonchev–Trinajstić information content (AvgIpc) is 4.10. The largest absolute Gasteiger partial charge is 0.332 e. The molecule has 8 aromatic carbocycles. The van der Waals surface area contributed by atoms with E-state index >= 15 is 0 Å². The van der Waals surface area contributed by atoms with E-state index in [2.05, 4.69) is 217 Å². The van der Waals surface area contributed by atoms with Gasteiger partial charge in [-0.25, -0.2) is 0 Å². The second-order valence-electron chi connectivity index (χ2n) is 17.8. The number of aromatic nitrogens is 3. The first kappa shape index (κ1) is 36.0. The summed E-state index contributed by atoms with van der Waals surface area (Å²) in [6, 6.07) is 63.4. The maximum atomic E-state index is 2.75. The molecule has 0 saturated heterocycles. The summed E-state index contributed by atoms with van der Waals surface area (Å²) in [6.45, 7) is 9.81. The van der Waals surface area contributed by atoms with Crippen LogP contribution in [0.15, 0.2) is 175 Å². The van der Waals surface area contributed by atoms with E-state index in [1.165, 1.54) is 111 Å². The molecule has 298 valence electrons. The third kappa shape index (κ3) is 4.86. The van der Waals surface area contributed by atoms with Crippen molar-refractivity contribution in [3.8, 4) is 0 Å². The molecule has 3 nitrogen and oxygen atoms in total. The molecule has 0 aliphatic rings. The molecule has 0 fully saturated rings. The van der Waals surface area contributed by atoms with Crippen LogP contribution in [-0.4, -0.2) is 13.7 Å². The molecule has 0 bridgehead atoms. The zero-order chi connectivity index (χ0) is 41.4. The van der Waals surface area contributed by atoms with Crippen molar-refractivity contribution in [3.05, 3.63) is 175 Å². The van der Waals surface area contributed by atoms with Gasteiger partial charge in [-0.05, 0) is 61.7 Å². The molecule has 0 radical (unpaired) electrons. The van der Waals surface area contributed by atoms with Gasteiger partial charge in [-0.2, -0.15) is 0 Å². The number of nitrogens with zero attached hydrogens (tertiary/aromatic N) is 3. The van der Waals surface area contributed by atoms with Gasteiger partial charge in [0.2, 0.25) is 0 Å². The van der Waals surface area contributed by atoms with E-state index in [1.807, 2.05) is 22.7 Å². The van der Waals surface area contributed by atoms with Crippen molar-refractivity contribution in [1.29, 1.82) is 0 Å². The van der Waals surface area contributed by atoms with E-state index in [0.717, 1.165) is 0 Å². The van der Waals surface area contributed by atoms with Crippen molar-refractivity contribution in [2.24, 2.45) is 5.92 Å². The van der Waals surface area contributed by atoms with E-state index < -0.39 is 5.54 Å². The van der Waals surface area contributed by atoms with Crippen LogP contribution in [0.3, 0.4) is 0 Å². The van der Waals surface area contributed by atoms with Crippen LogP contribution in [-0.2, 0) is 5.54 Å². The minimum Gasteiger partial charge on any atom is -0.332 e. The van der Waals surface area contributed by atoms with Gasteiger partial charge in [0.1, 0.15) is 0 Å². The maximum Gasteiger partial charge on any atom is 0.0714 e. The monoisotopic (exact) mass is 833 g/mol. The first-order valence-corrected chi connectivity index (χ1v) is 23.4. The smallest absolute Gasteiger partial charge is 0.0714 e. The van der Waals surface area contributed by atoms with Crippen LogP contribution in [0.25, 0.3) is 112 Å². The Morgan fingerprint density at radius 1 is 0.435 bits per heavy atom. The molecule has 5 heteroatoms. The van der Waals surface area contributed by atoms with E-state index in [4.69, 9.17) is 0 Å². The molecular weight excluding hydrogens is 791 g/mol. The van der Waals surface area contributed by atoms with Gasteiger partial charge in [0.05, 0.1) is 37.5 Å². The van der Waals surface area contributed by atoms with Gasteiger partial charge in [0.15, 0.2) is 0 Å². The van der Waals surface area contributed by atoms with Crippen molar-refractivity contribution in [3.63, 3.8) is 0 Å². The molecular formula is C57H43N3S2. The average molecular weight is 834 g/mol.